The van der Waals surface area contributed by atoms with Crippen molar-refractivity contribution in [3.05, 3.63) is 91.0 Å². The molecule has 4 heteroatoms. The van der Waals surface area contributed by atoms with Crippen LogP contribution >= 0.6 is 0 Å². The highest BCUT2D eigenvalue weighted by Crippen LogP contribution is 2.24. The van der Waals surface area contributed by atoms with E-state index in [1.165, 1.54) is 5.69 Å². The van der Waals surface area contributed by atoms with Gasteiger partial charge < -0.3 is 10.2 Å². The van der Waals surface area contributed by atoms with E-state index in [1.54, 1.807) is 0 Å². The predicted molar refractivity (Wildman–Crippen MR) is 99.7 cm³/mol. The van der Waals surface area contributed by atoms with Crippen LogP contribution in [0.4, 0.5) is 17.1 Å². The molecule has 0 aliphatic carbocycles. The fourth-order valence-corrected chi connectivity index (χ4v) is 2.91. The van der Waals surface area contributed by atoms with Gasteiger partial charge in [-0.1, -0.05) is 54.6 Å². The number of rotatable bonds is 4. The molecule has 1 unspecified atom stereocenters. The number of nitrogens with zero attached hydrogens (tertiary/aromatic N) is 2. The third kappa shape index (κ3) is 3.05. The first kappa shape index (κ1) is 14.6. The summed E-state index contributed by atoms with van der Waals surface area (Å²) in [4.78, 5) is 2.31. The summed E-state index contributed by atoms with van der Waals surface area (Å²) in [6, 6.07) is 31.1. The van der Waals surface area contributed by atoms with Gasteiger partial charge in [0.1, 0.15) is 6.67 Å². The van der Waals surface area contributed by atoms with E-state index in [1.807, 2.05) is 30.3 Å². The molecule has 0 radical (unpaired) electrons. The molecule has 1 atom stereocenters. The Bertz CT molecular complexity index is 761. The summed E-state index contributed by atoms with van der Waals surface area (Å²) < 4.78 is 0. The van der Waals surface area contributed by atoms with Gasteiger partial charge in [0.15, 0.2) is 6.29 Å². The third-order valence-corrected chi connectivity index (χ3v) is 4.12. The minimum atomic E-state index is -0.0185. The van der Waals surface area contributed by atoms with Crippen molar-refractivity contribution in [1.29, 1.82) is 0 Å². The lowest BCUT2D eigenvalue weighted by atomic mass is 10.3. The average molecular weight is 316 g/mol. The summed E-state index contributed by atoms with van der Waals surface area (Å²) in [5.41, 5.74) is 6.97. The highest BCUT2D eigenvalue weighted by atomic mass is 15.7. The smallest absolute Gasteiger partial charge is 0.173 e. The van der Waals surface area contributed by atoms with Crippen LogP contribution in [0.25, 0.3) is 0 Å². The fourth-order valence-electron chi connectivity index (χ4n) is 2.91. The quantitative estimate of drug-likeness (QED) is 0.765. The van der Waals surface area contributed by atoms with Gasteiger partial charge in [-0.25, -0.2) is 0 Å². The van der Waals surface area contributed by atoms with Crippen LogP contribution in [0.1, 0.15) is 0 Å². The molecule has 1 aliphatic heterocycles. The molecule has 1 heterocycles. The summed E-state index contributed by atoms with van der Waals surface area (Å²) in [6.07, 6.45) is -0.0185. The zero-order valence-electron chi connectivity index (χ0n) is 13.3. The molecular formula is C20H20N4. The predicted octanol–water partition coefficient (Wildman–Crippen LogP) is 3.87. The normalized spacial score (nSPS) is 17.1. The van der Waals surface area contributed by atoms with Crippen molar-refractivity contribution in [1.82, 2.24) is 5.43 Å². The monoisotopic (exact) mass is 316 g/mol. The van der Waals surface area contributed by atoms with Crippen molar-refractivity contribution >= 4 is 17.1 Å². The molecule has 0 spiro atoms. The molecule has 3 aromatic carbocycles. The van der Waals surface area contributed by atoms with Crippen LogP contribution in [0.3, 0.4) is 0 Å². The number of hydrogen-bond donors (Lipinski definition) is 2. The van der Waals surface area contributed by atoms with E-state index in [4.69, 9.17) is 0 Å². The second-order valence-corrected chi connectivity index (χ2v) is 5.75. The largest absolute Gasteiger partial charge is 0.352 e. The van der Waals surface area contributed by atoms with E-state index >= 15 is 0 Å². The minimum absolute atomic E-state index is 0.0185. The van der Waals surface area contributed by atoms with Crippen LogP contribution in [0.15, 0.2) is 91.0 Å². The summed E-state index contributed by atoms with van der Waals surface area (Å²) in [5, 5.41) is 5.72. The SMILES string of the molecule is c1ccc(NC2NN(c3ccccc3)CN2c2ccccc2)cc1. The molecular weight excluding hydrogens is 296 g/mol. The molecule has 4 rings (SSSR count). The first-order chi connectivity index (χ1) is 11.9. The van der Waals surface area contributed by atoms with Crippen molar-refractivity contribution in [2.75, 3.05) is 21.9 Å². The minimum Gasteiger partial charge on any atom is -0.352 e. The maximum Gasteiger partial charge on any atom is 0.173 e. The lowest BCUT2D eigenvalue weighted by Crippen LogP contribution is -2.44. The van der Waals surface area contributed by atoms with Crippen LogP contribution in [0.2, 0.25) is 0 Å². The Morgan fingerprint density at radius 3 is 1.88 bits per heavy atom. The molecule has 0 aromatic heterocycles. The zero-order chi connectivity index (χ0) is 16.2. The van der Waals surface area contributed by atoms with Crippen molar-refractivity contribution in [2.45, 2.75) is 6.29 Å². The van der Waals surface area contributed by atoms with Gasteiger partial charge >= 0.3 is 0 Å². The van der Waals surface area contributed by atoms with E-state index in [0.29, 0.717) is 0 Å². The number of nitrogens with one attached hydrogen (secondary N) is 2. The van der Waals surface area contributed by atoms with E-state index < -0.39 is 0 Å². The Kier molecular flexibility index (Phi) is 4.04. The van der Waals surface area contributed by atoms with Gasteiger partial charge in [0, 0.05) is 11.4 Å². The Hall–Kier alpha value is -2.98. The molecule has 3 aromatic rings. The maximum atomic E-state index is 3.56. The van der Waals surface area contributed by atoms with E-state index in [0.717, 1.165) is 18.0 Å². The molecule has 0 bridgehead atoms. The second-order valence-electron chi connectivity index (χ2n) is 5.75. The van der Waals surface area contributed by atoms with Crippen LogP contribution in [-0.4, -0.2) is 13.0 Å². The number of hydrazine groups is 1. The van der Waals surface area contributed by atoms with Gasteiger partial charge in [-0.3, -0.25) is 5.01 Å². The topological polar surface area (TPSA) is 30.5 Å². The molecule has 2 N–H and O–H groups in total. The van der Waals surface area contributed by atoms with Crippen molar-refractivity contribution in [3.8, 4) is 0 Å². The Labute approximate surface area is 142 Å². The molecule has 0 saturated carbocycles. The highest BCUT2D eigenvalue weighted by molar-refractivity contribution is 5.57. The van der Waals surface area contributed by atoms with E-state index in [9.17, 15) is 0 Å². The average Bonchev–Trinajstić information content (AvgIpc) is 3.08. The van der Waals surface area contributed by atoms with Crippen molar-refractivity contribution < 1.29 is 0 Å². The van der Waals surface area contributed by atoms with Gasteiger partial charge in [-0.2, -0.15) is 5.43 Å². The van der Waals surface area contributed by atoms with Gasteiger partial charge in [-0.05, 0) is 36.4 Å². The summed E-state index contributed by atoms with van der Waals surface area (Å²) in [5.74, 6) is 0. The molecule has 120 valence electrons. The van der Waals surface area contributed by atoms with E-state index in [-0.39, 0.29) is 6.29 Å². The first-order valence-corrected chi connectivity index (χ1v) is 8.12. The van der Waals surface area contributed by atoms with Crippen LogP contribution in [0, 0.1) is 0 Å². The Balaban J connectivity index is 1.61. The number of anilines is 3. The molecule has 1 saturated heterocycles. The second kappa shape index (κ2) is 6.64. The summed E-state index contributed by atoms with van der Waals surface area (Å²) >= 11 is 0. The van der Waals surface area contributed by atoms with Crippen LogP contribution < -0.4 is 20.7 Å². The van der Waals surface area contributed by atoms with Gasteiger partial charge in [0.05, 0.1) is 5.69 Å². The molecule has 24 heavy (non-hydrogen) atoms. The molecule has 4 nitrogen and oxygen atoms in total. The maximum absolute atomic E-state index is 3.56. The molecule has 1 fully saturated rings. The molecule has 0 amide bonds. The fraction of sp³-hybridized carbons (Fsp3) is 0.100. The number of benzene rings is 3. The van der Waals surface area contributed by atoms with Gasteiger partial charge in [0.2, 0.25) is 0 Å². The van der Waals surface area contributed by atoms with E-state index in [2.05, 4.69) is 81.3 Å². The lowest BCUT2D eigenvalue weighted by molar-refractivity contribution is 0.652. The summed E-state index contributed by atoms with van der Waals surface area (Å²) in [6.45, 7) is 0.762. The zero-order valence-corrected chi connectivity index (χ0v) is 13.3. The van der Waals surface area contributed by atoms with Crippen LogP contribution in [-0.2, 0) is 0 Å². The summed E-state index contributed by atoms with van der Waals surface area (Å²) in [7, 11) is 0. The number of para-hydroxylation sites is 3. The number of hydrogen-bond acceptors (Lipinski definition) is 4. The van der Waals surface area contributed by atoms with Gasteiger partial charge in [0.25, 0.3) is 0 Å². The molecule has 1 aliphatic rings. The van der Waals surface area contributed by atoms with Gasteiger partial charge in [-0.15, -0.1) is 0 Å². The van der Waals surface area contributed by atoms with Crippen molar-refractivity contribution in [3.63, 3.8) is 0 Å². The standard InChI is InChI=1S/C20H20N4/c1-4-10-17(11-5-1)21-20-22-24(19-14-8-3-9-15-19)16-23(20)18-12-6-2-7-13-18/h1-15,20-22H,16H2. The highest BCUT2D eigenvalue weighted by Gasteiger charge is 2.30. The lowest BCUT2D eigenvalue weighted by Gasteiger charge is -2.25. The third-order valence-electron chi connectivity index (χ3n) is 4.12. The van der Waals surface area contributed by atoms with Crippen molar-refractivity contribution in [2.24, 2.45) is 0 Å². The first-order valence-electron chi connectivity index (χ1n) is 8.12. The Morgan fingerprint density at radius 1 is 0.708 bits per heavy atom. The Morgan fingerprint density at radius 2 is 1.25 bits per heavy atom. The van der Waals surface area contributed by atoms with Crippen LogP contribution in [0.5, 0.6) is 0 Å².